The maximum absolute atomic E-state index is 11.4. The Morgan fingerprint density at radius 1 is 1.47 bits per heavy atom. The van der Waals surface area contributed by atoms with Gasteiger partial charge in [-0.25, -0.2) is 0 Å². The van der Waals surface area contributed by atoms with Gasteiger partial charge in [0.05, 0.1) is 6.42 Å². The summed E-state index contributed by atoms with van der Waals surface area (Å²) in [7, 11) is 1.80. The lowest BCUT2D eigenvalue weighted by Gasteiger charge is -2.13. The van der Waals surface area contributed by atoms with Crippen molar-refractivity contribution < 1.29 is 4.79 Å². The summed E-state index contributed by atoms with van der Waals surface area (Å²) >= 11 is 0. The van der Waals surface area contributed by atoms with Gasteiger partial charge in [0, 0.05) is 26.0 Å². The van der Waals surface area contributed by atoms with Crippen molar-refractivity contribution >= 4 is 5.91 Å². The van der Waals surface area contributed by atoms with Crippen LogP contribution < -0.4 is 0 Å². The third-order valence-corrected chi connectivity index (χ3v) is 1.98. The average molecular weight is 208 g/mol. The van der Waals surface area contributed by atoms with Gasteiger partial charge in [0.2, 0.25) is 5.91 Å². The van der Waals surface area contributed by atoms with Gasteiger partial charge in [-0.2, -0.15) is 0 Å². The van der Waals surface area contributed by atoms with Gasteiger partial charge in [-0.05, 0) is 18.6 Å². The molecule has 0 unspecified atom stereocenters. The maximum atomic E-state index is 11.4. The largest absolute Gasteiger partial charge is 0.346 e. The molecule has 1 heterocycles. The Bertz CT molecular complexity index is 272. The Balaban J connectivity index is 0.000000921. The molecule has 0 aliphatic carbocycles. The Labute approximate surface area is 92.1 Å². The summed E-state index contributed by atoms with van der Waals surface area (Å²) in [6, 6.07) is 3.75. The summed E-state index contributed by atoms with van der Waals surface area (Å²) in [5.74, 6) is 0.135. The predicted octanol–water partition coefficient (Wildman–Crippen LogP) is 2.13. The van der Waals surface area contributed by atoms with E-state index >= 15 is 0 Å². The van der Waals surface area contributed by atoms with Crippen LogP contribution >= 0.6 is 0 Å². The standard InChI is InChI=1S/C10H14N2O.C2H6/c1-3-12(2)10(13)7-9-5-4-6-11-8-9;1-2/h4-6,8H,3,7H2,1-2H3;1-2H3. The fraction of sp³-hybridized carbons (Fsp3) is 0.500. The number of aromatic nitrogens is 1. The number of nitrogens with zero attached hydrogens (tertiary/aromatic N) is 2. The Morgan fingerprint density at radius 3 is 2.60 bits per heavy atom. The van der Waals surface area contributed by atoms with Crippen molar-refractivity contribution in [2.24, 2.45) is 0 Å². The highest BCUT2D eigenvalue weighted by Gasteiger charge is 2.06. The molecule has 0 N–H and O–H groups in total. The minimum Gasteiger partial charge on any atom is -0.346 e. The molecule has 1 amide bonds. The maximum Gasteiger partial charge on any atom is 0.226 e. The highest BCUT2D eigenvalue weighted by Crippen LogP contribution is 1.99. The molecule has 1 aromatic heterocycles. The lowest BCUT2D eigenvalue weighted by molar-refractivity contribution is -0.128. The van der Waals surface area contributed by atoms with Crippen LogP contribution in [0, 0.1) is 0 Å². The molecule has 0 saturated carbocycles. The molecule has 0 aliphatic heterocycles. The first-order chi connectivity index (χ1) is 7.24. The van der Waals surface area contributed by atoms with Gasteiger partial charge < -0.3 is 4.90 Å². The molecule has 0 bridgehead atoms. The summed E-state index contributed by atoms with van der Waals surface area (Å²) in [6.45, 7) is 6.71. The van der Waals surface area contributed by atoms with E-state index in [0.29, 0.717) is 6.42 Å². The van der Waals surface area contributed by atoms with E-state index in [-0.39, 0.29) is 5.91 Å². The van der Waals surface area contributed by atoms with Gasteiger partial charge in [0.15, 0.2) is 0 Å². The molecule has 0 radical (unpaired) electrons. The van der Waals surface area contributed by atoms with Gasteiger partial charge in [-0.1, -0.05) is 19.9 Å². The number of carbonyl (C=O) groups excluding carboxylic acids is 1. The smallest absolute Gasteiger partial charge is 0.226 e. The van der Waals surface area contributed by atoms with Gasteiger partial charge in [-0.3, -0.25) is 9.78 Å². The molecule has 0 aliphatic rings. The normalized spacial score (nSPS) is 8.80. The third kappa shape index (κ3) is 5.15. The first-order valence-electron chi connectivity index (χ1n) is 5.37. The van der Waals surface area contributed by atoms with Gasteiger partial charge in [0.25, 0.3) is 0 Å². The Hall–Kier alpha value is -1.38. The molecule has 3 nitrogen and oxygen atoms in total. The van der Waals surface area contributed by atoms with Crippen LogP contribution in [-0.2, 0) is 11.2 Å². The molecule has 3 heteroatoms. The number of amides is 1. The zero-order chi connectivity index (χ0) is 11.7. The second-order valence-corrected chi connectivity index (χ2v) is 2.95. The van der Waals surface area contributed by atoms with Crippen molar-refractivity contribution in [3.8, 4) is 0 Å². The molecule has 0 atom stereocenters. The van der Waals surface area contributed by atoms with E-state index in [4.69, 9.17) is 0 Å². The van der Waals surface area contributed by atoms with Crippen molar-refractivity contribution in [1.82, 2.24) is 9.88 Å². The number of rotatable bonds is 3. The number of hydrogen-bond donors (Lipinski definition) is 0. The predicted molar refractivity (Wildman–Crippen MR) is 62.6 cm³/mol. The van der Waals surface area contributed by atoms with Crippen molar-refractivity contribution in [3.05, 3.63) is 30.1 Å². The summed E-state index contributed by atoms with van der Waals surface area (Å²) in [4.78, 5) is 17.1. The fourth-order valence-electron chi connectivity index (χ4n) is 0.989. The molecular formula is C12H20N2O. The minimum atomic E-state index is 0.135. The van der Waals surface area contributed by atoms with Crippen LogP contribution in [0.3, 0.4) is 0 Å². The number of pyridine rings is 1. The van der Waals surface area contributed by atoms with E-state index in [1.165, 1.54) is 0 Å². The zero-order valence-electron chi connectivity index (χ0n) is 10.0. The monoisotopic (exact) mass is 208 g/mol. The van der Waals surface area contributed by atoms with Crippen LogP contribution in [-0.4, -0.2) is 29.4 Å². The third-order valence-electron chi connectivity index (χ3n) is 1.98. The average Bonchev–Trinajstić information content (AvgIpc) is 2.32. The van der Waals surface area contributed by atoms with E-state index < -0.39 is 0 Å². The molecule has 1 rings (SSSR count). The first kappa shape index (κ1) is 13.6. The molecule has 0 saturated heterocycles. The van der Waals surface area contributed by atoms with Crippen molar-refractivity contribution in [2.75, 3.05) is 13.6 Å². The van der Waals surface area contributed by atoms with Crippen LogP contribution in [0.5, 0.6) is 0 Å². The second kappa shape index (κ2) is 7.97. The number of likely N-dealkylation sites (N-methyl/N-ethyl adjacent to an activating group) is 1. The number of hydrogen-bond acceptors (Lipinski definition) is 2. The van der Waals surface area contributed by atoms with Crippen LogP contribution in [0.2, 0.25) is 0 Å². The Kier molecular flexibility index (Phi) is 7.24. The van der Waals surface area contributed by atoms with Crippen LogP contribution in [0.4, 0.5) is 0 Å². The minimum absolute atomic E-state index is 0.135. The fourth-order valence-corrected chi connectivity index (χ4v) is 0.989. The first-order valence-corrected chi connectivity index (χ1v) is 5.37. The SMILES string of the molecule is CC.CCN(C)C(=O)Cc1cccnc1. The molecular weight excluding hydrogens is 188 g/mol. The van der Waals surface area contributed by atoms with E-state index in [9.17, 15) is 4.79 Å². The van der Waals surface area contributed by atoms with Crippen molar-refractivity contribution in [3.63, 3.8) is 0 Å². The van der Waals surface area contributed by atoms with Gasteiger partial charge in [-0.15, -0.1) is 0 Å². The van der Waals surface area contributed by atoms with E-state index in [1.807, 2.05) is 32.9 Å². The highest BCUT2D eigenvalue weighted by atomic mass is 16.2. The second-order valence-electron chi connectivity index (χ2n) is 2.95. The van der Waals surface area contributed by atoms with Crippen LogP contribution in [0.15, 0.2) is 24.5 Å². The zero-order valence-corrected chi connectivity index (χ0v) is 10.0. The van der Waals surface area contributed by atoms with E-state index in [0.717, 1.165) is 12.1 Å². The molecule has 0 aromatic carbocycles. The van der Waals surface area contributed by atoms with Gasteiger partial charge in [0.1, 0.15) is 0 Å². The summed E-state index contributed by atoms with van der Waals surface area (Å²) in [6.07, 6.45) is 3.87. The highest BCUT2D eigenvalue weighted by molar-refractivity contribution is 5.78. The van der Waals surface area contributed by atoms with Gasteiger partial charge >= 0.3 is 0 Å². The molecule has 84 valence electrons. The van der Waals surface area contributed by atoms with Crippen LogP contribution in [0.25, 0.3) is 0 Å². The van der Waals surface area contributed by atoms with Crippen molar-refractivity contribution in [2.45, 2.75) is 27.2 Å². The molecule has 0 spiro atoms. The number of carbonyl (C=O) groups is 1. The van der Waals surface area contributed by atoms with Crippen LogP contribution in [0.1, 0.15) is 26.3 Å². The molecule has 15 heavy (non-hydrogen) atoms. The quantitative estimate of drug-likeness (QED) is 0.762. The molecule has 1 aromatic rings. The topological polar surface area (TPSA) is 33.2 Å². The summed E-state index contributed by atoms with van der Waals surface area (Å²) in [5.41, 5.74) is 0.966. The summed E-state index contributed by atoms with van der Waals surface area (Å²) in [5, 5.41) is 0. The van der Waals surface area contributed by atoms with E-state index in [1.54, 1.807) is 24.3 Å². The lowest BCUT2D eigenvalue weighted by atomic mass is 10.2. The van der Waals surface area contributed by atoms with Crippen molar-refractivity contribution in [1.29, 1.82) is 0 Å². The Morgan fingerprint density at radius 2 is 2.13 bits per heavy atom. The lowest BCUT2D eigenvalue weighted by Crippen LogP contribution is -2.27. The summed E-state index contributed by atoms with van der Waals surface area (Å²) < 4.78 is 0. The molecule has 0 fully saturated rings. The van der Waals surface area contributed by atoms with E-state index in [2.05, 4.69) is 4.98 Å².